The molecule has 162 valence electrons. The van der Waals surface area contributed by atoms with Gasteiger partial charge in [0.1, 0.15) is 18.0 Å². The molecule has 9 nitrogen and oxygen atoms in total. The molecule has 0 aliphatic carbocycles. The number of fused-ring (bicyclic) bond motifs is 1. The summed E-state index contributed by atoms with van der Waals surface area (Å²) >= 11 is 0. The van der Waals surface area contributed by atoms with E-state index in [1.165, 1.54) is 23.1 Å². The van der Waals surface area contributed by atoms with E-state index in [-0.39, 0.29) is 24.7 Å². The largest absolute Gasteiger partial charge is 0.497 e. The summed E-state index contributed by atoms with van der Waals surface area (Å²) < 4.78 is 10.9. The Labute approximate surface area is 183 Å². The van der Waals surface area contributed by atoms with Crippen LogP contribution in [0.15, 0.2) is 66.7 Å². The number of non-ortho nitro benzene ring substituents is 1. The Kier molecular flexibility index (Phi) is 5.71. The summed E-state index contributed by atoms with van der Waals surface area (Å²) in [5, 5.41) is 14.0. The van der Waals surface area contributed by atoms with Gasteiger partial charge in [0.15, 0.2) is 6.61 Å². The molecule has 1 aliphatic rings. The maximum atomic E-state index is 12.9. The van der Waals surface area contributed by atoms with E-state index in [2.05, 4.69) is 5.32 Å². The third-order valence-corrected chi connectivity index (χ3v) is 5.00. The predicted octanol–water partition coefficient (Wildman–Crippen LogP) is 3.63. The zero-order valence-electron chi connectivity index (χ0n) is 17.1. The van der Waals surface area contributed by atoms with Crippen molar-refractivity contribution in [2.45, 2.75) is 0 Å². The van der Waals surface area contributed by atoms with Crippen LogP contribution in [0.5, 0.6) is 11.5 Å². The number of methoxy groups -OCH3 is 1. The summed E-state index contributed by atoms with van der Waals surface area (Å²) in [6, 6.07) is 18.1. The number of nitro groups is 1. The molecule has 0 atom stereocenters. The monoisotopic (exact) mass is 433 g/mol. The molecule has 0 radical (unpaired) electrons. The average Bonchev–Trinajstić information content (AvgIpc) is 2.81. The van der Waals surface area contributed by atoms with Gasteiger partial charge in [-0.25, -0.2) is 0 Å². The fourth-order valence-electron chi connectivity index (χ4n) is 3.43. The number of hydrogen-bond donors (Lipinski definition) is 1. The number of hydrogen-bond acceptors (Lipinski definition) is 6. The maximum absolute atomic E-state index is 12.9. The van der Waals surface area contributed by atoms with Crippen LogP contribution in [0.3, 0.4) is 0 Å². The van der Waals surface area contributed by atoms with Crippen LogP contribution >= 0.6 is 0 Å². The molecule has 2 amide bonds. The van der Waals surface area contributed by atoms with Crippen LogP contribution in [-0.4, -0.2) is 37.0 Å². The first-order chi connectivity index (χ1) is 15.5. The van der Waals surface area contributed by atoms with Crippen molar-refractivity contribution in [3.8, 4) is 22.6 Å². The molecule has 9 heteroatoms. The average molecular weight is 433 g/mol. The van der Waals surface area contributed by atoms with Gasteiger partial charge in [-0.2, -0.15) is 0 Å². The molecule has 0 bridgehead atoms. The van der Waals surface area contributed by atoms with Gasteiger partial charge in [-0.3, -0.25) is 24.6 Å². The minimum atomic E-state index is -0.495. The molecule has 0 aromatic heterocycles. The quantitative estimate of drug-likeness (QED) is 0.469. The molecule has 0 spiro atoms. The van der Waals surface area contributed by atoms with E-state index in [4.69, 9.17) is 9.47 Å². The molecule has 1 aliphatic heterocycles. The number of benzene rings is 3. The van der Waals surface area contributed by atoms with E-state index < -0.39 is 10.8 Å². The Hall–Kier alpha value is -4.40. The minimum absolute atomic E-state index is 0.101. The molecule has 1 N–H and O–H groups in total. The number of carbonyl (C=O) groups is 2. The highest BCUT2D eigenvalue weighted by Gasteiger charge is 2.27. The lowest BCUT2D eigenvalue weighted by Gasteiger charge is -2.29. The Balaban J connectivity index is 1.60. The van der Waals surface area contributed by atoms with E-state index >= 15 is 0 Å². The van der Waals surface area contributed by atoms with Crippen LogP contribution in [0.25, 0.3) is 11.1 Å². The molecule has 3 aromatic carbocycles. The summed E-state index contributed by atoms with van der Waals surface area (Å²) in [5.74, 6) is 0.236. The van der Waals surface area contributed by atoms with Gasteiger partial charge in [0.05, 0.1) is 23.4 Å². The van der Waals surface area contributed by atoms with Crippen LogP contribution in [-0.2, 0) is 9.59 Å². The van der Waals surface area contributed by atoms with Crippen molar-refractivity contribution in [3.63, 3.8) is 0 Å². The van der Waals surface area contributed by atoms with E-state index in [1.807, 2.05) is 0 Å². The van der Waals surface area contributed by atoms with E-state index in [1.54, 1.807) is 55.6 Å². The lowest BCUT2D eigenvalue weighted by molar-refractivity contribution is -0.384. The zero-order chi connectivity index (χ0) is 22.7. The molecule has 4 rings (SSSR count). The molecule has 32 heavy (non-hydrogen) atoms. The number of amides is 2. The molecule has 0 fully saturated rings. The van der Waals surface area contributed by atoms with Crippen molar-refractivity contribution in [1.29, 1.82) is 0 Å². The summed E-state index contributed by atoms with van der Waals surface area (Å²) in [4.78, 5) is 37.0. The lowest BCUT2D eigenvalue weighted by atomic mass is 10.0. The third-order valence-electron chi connectivity index (χ3n) is 5.00. The first-order valence-electron chi connectivity index (χ1n) is 9.71. The van der Waals surface area contributed by atoms with Crippen LogP contribution in [0.2, 0.25) is 0 Å². The first kappa shape index (κ1) is 20.9. The second kappa shape index (κ2) is 8.76. The van der Waals surface area contributed by atoms with Crippen LogP contribution in [0.4, 0.5) is 17.1 Å². The molecule has 0 unspecified atom stereocenters. The number of rotatable bonds is 6. The molecule has 3 aromatic rings. The first-order valence-corrected chi connectivity index (χ1v) is 9.71. The summed E-state index contributed by atoms with van der Waals surface area (Å²) in [7, 11) is 1.54. The normalized spacial score (nSPS) is 12.5. The Morgan fingerprint density at radius 1 is 1.12 bits per heavy atom. The molecular weight excluding hydrogens is 414 g/mol. The topological polar surface area (TPSA) is 111 Å². The van der Waals surface area contributed by atoms with Gasteiger partial charge >= 0.3 is 0 Å². The number of nitrogens with one attached hydrogen (secondary N) is 1. The Morgan fingerprint density at radius 3 is 2.59 bits per heavy atom. The van der Waals surface area contributed by atoms with Gasteiger partial charge in [-0.05, 0) is 35.9 Å². The second-order valence-electron chi connectivity index (χ2n) is 7.00. The smallest absolute Gasteiger partial charge is 0.270 e. The fourth-order valence-corrected chi connectivity index (χ4v) is 3.43. The highest BCUT2D eigenvalue weighted by atomic mass is 16.6. The van der Waals surface area contributed by atoms with Crippen LogP contribution in [0.1, 0.15) is 0 Å². The highest BCUT2D eigenvalue weighted by Crippen LogP contribution is 2.35. The van der Waals surface area contributed by atoms with Gasteiger partial charge in [0.2, 0.25) is 5.91 Å². The van der Waals surface area contributed by atoms with Gasteiger partial charge in [-0.15, -0.1) is 0 Å². The lowest BCUT2D eigenvalue weighted by Crippen LogP contribution is -2.44. The van der Waals surface area contributed by atoms with Crippen molar-refractivity contribution >= 4 is 28.9 Å². The number of nitrogens with zero attached hydrogens (tertiary/aromatic N) is 2. The van der Waals surface area contributed by atoms with E-state index in [9.17, 15) is 19.7 Å². The van der Waals surface area contributed by atoms with Crippen molar-refractivity contribution < 1.29 is 24.0 Å². The fraction of sp³-hybridized carbons (Fsp3) is 0.130. The van der Waals surface area contributed by atoms with Crippen molar-refractivity contribution in [2.75, 3.05) is 30.5 Å². The van der Waals surface area contributed by atoms with Crippen molar-refractivity contribution in [1.82, 2.24) is 0 Å². The van der Waals surface area contributed by atoms with Crippen molar-refractivity contribution in [2.24, 2.45) is 0 Å². The molecule has 0 saturated heterocycles. The number of para-hydroxylation sites is 2. The third kappa shape index (κ3) is 4.22. The van der Waals surface area contributed by atoms with Gasteiger partial charge < -0.3 is 14.8 Å². The van der Waals surface area contributed by atoms with E-state index in [0.29, 0.717) is 34.0 Å². The van der Waals surface area contributed by atoms with Crippen LogP contribution in [0, 0.1) is 10.1 Å². The van der Waals surface area contributed by atoms with E-state index in [0.717, 1.165) is 0 Å². The number of carbonyl (C=O) groups excluding carboxylic acids is 2. The SMILES string of the molecule is COc1ccc(-c2cc([N+](=O)[O-])ccc2OCC(=O)N2CC(=O)Nc3ccccc32)cc1. The van der Waals surface area contributed by atoms with Crippen molar-refractivity contribution in [3.05, 3.63) is 76.8 Å². The summed E-state index contributed by atoms with van der Waals surface area (Å²) in [6.45, 7) is -0.465. The number of ether oxygens (including phenoxy) is 2. The van der Waals surface area contributed by atoms with Gasteiger partial charge in [0, 0.05) is 17.7 Å². The van der Waals surface area contributed by atoms with Crippen LogP contribution < -0.4 is 19.7 Å². The summed E-state index contributed by atoms with van der Waals surface area (Å²) in [5.41, 5.74) is 2.16. The van der Waals surface area contributed by atoms with Gasteiger partial charge in [-0.1, -0.05) is 24.3 Å². The minimum Gasteiger partial charge on any atom is -0.497 e. The molecule has 0 saturated carbocycles. The second-order valence-corrected chi connectivity index (χ2v) is 7.00. The highest BCUT2D eigenvalue weighted by molar-refractivity contribution is 6.10. The predicted molar refractivity (Wildman–Crippen MR) is 118 cm³/mol. The van der Waals surface area contributed by atoms with Gasteiger partial charge in [0.25, 0.3) is 11.6 Å². The zero-order valence-corrected chi connectivity index (χ0v) is 17.1. The Bertz CT molecular complexity index is 1190. The number of nitro benzene ring substituents is 1. The summed E-state index contributed by atoms with van der Waals surface area (Å²) in [6.07, 6.45) is 0. The standard InChI is InChI=1S/C23H19N3O6/c1-31-17-9-6-15(7-10-17)18-12-16(26(29)30)8-11-21(18)32-14-23(28)25-13-22(27)24-19-4-2-3-5-20(19)25/h2-12H,13-14H2,1H3,(H,24,27). The molecule has 1 heterocycles. The maximum Gasteiger partial charge on any atom is 0.270 e. The Morgan fingerprint density at radius 2 is 1.88 bits per heavy atom. The molecular formula is C23H19N3O6. The number of anilines is 2.